The van der Waals surface area contributed by atoms with E-state index in [0.29, 0.717) is 23.0 Å². The second-order valence-electron chi connectivity index (χ2n) is 11.5. The highest BCUT2D eigenvalue weighted by molar-refractivity contribution is 7.45. The molecule has 5 nitrogen and oxygen atoms in total. The van der Waals surface area contributed by atoms with Crippen LogP contribution in [0.3, 0.4) is 0 Å². The fourth-order valence-electron chi connectivity index (χ4n) is 5.87. The molecule has 0 fully saturated rings. The van der Waals surface area contributed by atoms with Gasteiger partial charge in [0.25, 0.3) is 0 Å². The van der Waals surface area contributed by atoms with E-state index in [1.54, 1.807) is 0 Å². The first-order valence-electron chi connectivity index (χ1n) is 15.8. The summed E-state index contributed by atoms with van der Waals surface area (Å²) >= 11 is 0. The number of hydrogen-bond acceptors (Lipinski definition) is 5. The molecule has 1 heterocycles. The van der Waals surface area contributed by atoms with E-state index in [-0.39, 0.29) is 12.1 Å². The molecular formula is C41H36NO4P. The Bertz CT molecular complexity index is 1920. The van der Waals surface area contributed by atoms with Crippen LogP contribution < -0.4 is 18.5 Å². The van der Waals surface area contributed by atoms with Crippen molar-refractivity contribution in [2.45, 2.75) is 32.9 Å². The zero-order chi connectivity index (χ0) is 32.2. The first-order chi connectivity index (χ1) is 23.0. The van der Waals surface area contributed by atoms with Gasteiger partial charge in [-0.1, -0.05) is 109 Å². The highest BCUT2D eigenvalue weighted by Gasteiger charge is 2.36. The van der Waals surface area contributed by atoms with Gasteiger partial charge in [-0.2, -0.15) is 0 Å². The lowest BCUT2D eigenvalue weighted by Gasteiger charge is -2.38. The number of rotatable bonds is 5. The molecule has 234 valence electrons. The Morgan fingerprint density at radius 2 is 0.957 bits per heavy atom. The van der Waals surface area contributed by atoms with Gasteiger partial charge >= 0.3 is 8.53 Å². The second-order valence-corrected chi connectivity index (χ2v) is 12.8. The first kappa shape index (κ1) is 30.6. The molecule has 0 amide bonds. The molecule has 47 heavy (non-hydrogen) atoms. The van der Waals surface area contributed by atoms with Gasteiger partial charge in [-0.15, -0.1) is 0 Å². The van der Waals surface area contributed by atoms with Crippen LogP contribution >= 0.6 is 8.53 Å². The Hall–Kier alpha value is -5.09. The minimum absolute atomic E-state index is 0.0440. The molecule has 3 atom stereocenters. The van der Waals surface area contributed by atoms with E-state index in [0.717, 1.165) is 28.2 Å². The molecule has 0 radical (unpaired) electrons. The van der Waals surface area contributed by atoms with Crippen LogP contribution in [0.15, 0.2) is 152 Å². The van der Waals surface area contributed by atoms with Crippen molar-refractivity contribution >= 4 is 8.53 Å². The molecule has 7 rings (SSSR count). The normalized spacial score (nSPS) is 15.2. The van der Waals surface area contributed by atoms with Crippen LogP contribution in [0.5, 0.6) is 34.5 Å². The third-order valence-electron chi connectivity index (χ3n) is 8.46. The highest BCUT2D eigenvalue weighted by Crippen LogP contribution is 2.54. The van der Waals surface area contributed by atoms with Crippen molar-refractivity contribution in [2.24, 2.45) is 0 Å². The molecule has 6 aromatic carbocycles. The van der Waals surface area contributed by atoms with Gasteiger partial charge in [0.15, 0.2) is 0 Å². The number of ether oxygens (including phenoxy) is 2. The van der Waals surface area contributed by atoms with Crippen molar-refractivity contribution in [2.75, 3.05) is 0 Å². The van der Waals surface area contributed by atoms with Crippen LogP contribution in [0.1, 0.15) is 42.6 Å². The summed E-state index contributed by atoms with van der Waals surface area (Å²) in [6, 6.07) is 50.7. The van der Waals surface area contributed by atoms with E-state index in [9.17, 15) is 0 Å². The molecule has 0 aliphatic carbocycles. The second kappa shape index (κ2) is 13.7. The van der Waals surface area contributed by atoms with Crippen LogP contribution in [-0.4, -0.2) is 4.67 Å². The molecule has 1 aliphatic rings. The zero-order valence-corrected chi connectivity index (χ0v) is 27.5. The van der Waals surface area contributed by atoms with E-state index in [1.165, 1.54) is 11.1 Å². The van der Waals surface area contributed by atoms with Crippen LogP contribution in [0, 0.1) is 6.92 Å². The minimum atomic E-state index is -1.73. The molecule has 0 saturated carbocycles. The van der Waals surface area contributed by atoms with E-state index in [2.05, 4.69) is 79.2 Å². The summed E-state index contributed by atoms with van der Waals surface area (Å²) < 4.78 is 29.5. The molecule has 4 bridgehead atoms. The molecule has 1 unspecified atom stereocenters. The molecule has 0 saturated heterocycles. The van der Waals surface area contributed by atoms with E-state index in [1.807, 2.05) is 97.9 Å². The van der Waals surface area contributed by atoms with Crippen molar-refractivity contribution in [1.82, 2.24) is 4.67 Å². The quantitative estimate of drug-likeness (QED) is 0.176. The van der Waals surface area contributed by atoms with Gasteiger partial charge in [0.05, 0.1) is 0 Å². The average Bonchev–Trinajstić information content (AvgIpc) is 3.11. The van der Waals surface area contributed by atoms with Gasteiger partial charge < -0.3 is 18.5 Å². The van der Waals surface area contributed by atoms with Crippen molar-refractivity contribution in [3.05, 3.63) is 168 Å². The van der Waals surface area contributed by atoms with Crippen LogP contribution in [0.4, 0.5) is 0 Å². The monoisotopic (exact) mass is 637 g/mol. The van der Waals surface area contributed by atoms with Gasteiger partial charge in [0, 0.05) is 34.8 Å². The van der Waals surface area contributed by atoms with Crippen molar-refractivity contribution in [3.8, 4) is 45.6 Å². The number of fused-ring (bicyclic) bond motifs is 7. The molecular weight excluding hydrogens is 601 g/mol. The Morgan fingerprint density at radius 3 is 1.60 bits per heavy atom. The summed E-state index contributed by atoms with van der Waals surface area (Å²) in [6.45, 7) is 6.44. The maximum atomic E-state index is 7.00. The molecule has 1 aliphatic heterocycles. The molecule has 6 heteroatoms. The summed E-state index contributed by atoms with van der Waals surface area (Å²) in [4.78, 5) is 0. The summed E-state index contributed by atoms with van der Waals surface area (Å²) in [5.41, 5.74) is 5.07. The standard InChI is InChI=1S/C41H36NO4P/c1-29-38-26-15-27-39(29)46-47(42(30(2)32-16-6-4-7-17-32)31(3)33-18-8-5-9-19-33)45-35-21-14-20-34(28-35)43-40-24-12-10-22-36(40)37-23-11-13-25-41(37)44-38/h4-28,30-31H,1-3H3/t30-,31-,47?/m1/s1. The lowest BCUT2D eigenvalue weighted by molar-refractivity contribution is 0.247. The molecule has 0 N–H and O–H groups in total. The topological polar surface area (TPSA) is 40.2 Å². The Morgan fingerprint density at radius 1 is 0.468 bits per heavy atom. The number of para-hydroxylation sites is 2. The minimum Gasteiger partial charge on any atom is -0.457 e. The predicted molar refractivity (Wildman–Crippen MR) is 189 cm³/mol. The highest BCUT2D eigenvalue weighted by atomic mass is 31.2. The van der Waals surface area contributed by atoms with E-state index >= 15 is 0 Å². The van der Waals surface area contributed by atoms with Crippen molar-refractivity contribution in [1.29, 1.82) is 0 Å². The third kappa shape index (κ3) is 6.59. The fraction of sp³-hybridized carbons (Fsp3) is 0.122. The van der Waals surface area contributed by atoms with Gasteiger partial charge in [-0.3, -0.25) is 0 Å². The maximum absolute atomic E-state index is 7.00. The maximum Gasteiger partial charge on any atom is 0.385 e. The number of nitrogens with zero attached hydrogens (tertiary/aromatic N) is 1. The van der Waals surface area contributed by atoms with Gasteiger partial charge in [-0.05, 0) is 68.3 Å². The number of hydrogen-bond donors (Lipinski definition) is 0. The largest absolute Gasteiger partial charge is 0.457 e. The van der Waals surface area contributed by atoms with Crippen LogP contribution in [-0.2, 0) is 0 Å². The summed E-state index contributed by atoms with van der Waals surface area (Å²) in [5, 5.41) is 0. The molecule has 0 aromatic heterocycles. The SMILES string of the molecule is Cc1c2cccc1OP(N([C@H](C)c1ccccc1)[C@H](C)c1ccccc1)Oc1cccc(c1)Oc1ccccc1-c1ccccc1O2. The van der Waals surface area contributed by atoms with E-state index in [4.69, 9.17) is 18.5 Å². The Kier molecular flexibility index (Phi) is 8.92. The first-order valence-corrected chi connectivity index (χ1v) is 17.0. The smallest absolute Gasteiger partial charge is 0.385 e. The predicted octanol–water partition coefficient (Wildman–Crippen LogP) is 12.1. The van der Waals surface area contributed by atoms with Gasteiger partial charge in [0.1, 0.15) is 34.5 Å². The van der Waals surface area contributed by atoms with Crippen molar-refractivity contribution < 1.29 is 18.5 Å². The van der Waals surface area contributed by atoms with Gasteiger partial charge in [-0.25, -0.2) is 4.67 Å². The molecule has 6 aromatic rings. The summed E-state index contributed by atoms with van der Waals surface area (Å²) in [7, 11) is -1.73. The fourth-order valence-corrected chi connectivity index (χ4v) is 7.59. The molecule has 0 spiro atoms. The van der Waals surface area contributed by atoms with Crippen LogP contribution in [0.2, 0.25) is 0 Å². The summed E-state index contributed by atoms with van der Waals surface area (Å²) in [6.07, 6.45) is 0. The Balaban J connectivity index is 1.40. The zero-order valence-electron chi connectivity index (χ0n) is 26.6. The number of benzene rings is 6. The summed E-state index contributed by atoms with van der Waals surface area (Å²) in [5.74, 6) is 4.15. The van der Waals surface area contributed by atoms with Gasteiger partial charge in [0.2, 0.25) is 0 Å². The van der Waals surface area contributed by atoms with Crippen molar-refractivity contribution in [3.63, 3.8) is 0 Å². The third-order valence-corrected chi connectivity index (χ3v) is 10.2. The van der Waals surface area contributed by atoms with E-state index < -0.39 is 8.53 Å². The lowest BCUT2D eigenvalue weighted by Crippen LogP contribution is -2.29. The average molecular weight is 638 g/mol. The Labute approximate surface area is 277 Å². The van der Waals surface area contributed by atoms with Crippen LogP contribution in [0.25, 0.3) is 11.1 Å². The lowest BCUT2D eigenvalue weighted by atomic mass is 10.0.